The Morgan fingerprint density at radius 3 is 2.50 bits per heavy atom. The van der Waals surface area contributed by atoms with Gasteiger partial charge in [-0.15, -0.1) is 11.3 Å². The molecule has 0 aliphatic heterocycles. The second kappa shape index (κ2) is 5.30. The zero-order valence-corrected chi connectivity index (χ0v) is 12.7. The van der Waals surface area contributed by atoms with E-state index in [1.54, 1.807) is 11.3 Å². The molecule has 2 aromatic rings. The van der Waals surface area contributed by atoms with Crippen molar-refractivity contribution in [1.29, 1.82) is 0 Å². The van der Waals surface area contributed by atoms with Crippen molar-refractivity contribution >= 4 is 49.3 Å². The zero-order chi connectivity index (χ0) is 11.5. The number of thiophene rings is 1. The second-order valence-corrected chi connectivity index (χ2v) is 7.32. The third-order valence-corrected chi connectivity index (χ3v) is 3.92. The molecule has 0 amide bonds. The summed E-state index contributed by atoms with van der Waals surface area (Å²) in [7, 11) is 0. The highest BCUT2D eigenvalue weighted by Crippen LogP contribution is 2.34. The Hall–Kier alpha value is -0.380. The first-order valence-electron chi connectivity index (χ1n) is 4.85. The smallest absolute Gasteiger partial charge is 0.0618 e. The van der Waals surface area contributed by atoms with E-state index in [0.29, 0.717) is 0 Å². The van der Waals surface area contributed by atoms with E-state index in [0.717, 1.165) is 3.39 Å². The van der Waals surface area contributed by atoms with E-state index in [1.165, 1.54) is 20.9 Å². The third-order valence-electron chi connectivity index (χ3n) is 2.22. The molecule has 0 atom stereocenters. The molecule has 0 bridgehead atoms. The quantitative estimate of drug-likeness (QED) is 0.635. The average Bonchev–Trinajstić information content (AvgIpc) is 2.60. The molecule has 16 heavy (non-hydrogen) atoms. The summed E-state index contributed by atoms with van der Waals surface area (Å²) in [6.45, 7) is 2.15. The van der Waals surface area contributed by atoms with Crippen LogP contribution in [-0.4, -0.2) is 0 Å². The number of rotatable bonds is 2. The Bertz CT molecular complexity index is 508. The molecule has 2 rings (SSSR count). The largest absolute Gasteiger partial charge is 0.136 e. The SMILES string of the molecule is Cc1cc(C=C(Br)Br)sc1-c1ccccc1. The molecule has 0 N–H and O–H groups in total. The van der Waals surface area contributed by atoms with Gasteiger partial charge in [0.2, 0.25) is 0 Å². The van der Waals surface area contributed by atoms with Gasteiger partial charge in [0.1, 0.15) is 0 Å². The van der Waals surface area contributed by atoms with E-state index < -0.39 is 0 Å². The Balaban J connectivity index is 2.44. The van der Waals surface area contributed by atoms with Crippen LogP contribution in [0, 0.1) is 6.92 Å². The van der Waals surface area contributed by atoms with Crippen LogP contribution >= 0.6 is 43.2 Å². The first-order chi connectivity index (χ1) is 7.66. The lowest BCUT2D eigenvalue weighted by molar-refractivity contribution is 1.53. The van der Waals surface area contributed by atoms with Gasteiger partial charge in [-0.1, -0.05) is 30.3 Å². The standard InChI is InChI=1S/C13H10Br2S/c1-9-7-11(8-12(14)15)16-13(9)10-5-3-2-4-6-10/h2-8H,1H3. The number of hydrogen-bond acceptors (Lipinski definition) is 1. The molecular weight excluding hydrogens is 348 g/mol. The highest BCUT2D eigenvalue weighted by atomic mass is 79.9. The van der Waals surface area contributed by atoms with Crippen LogP contribution in [0.25, 0.3) is 16.5 Å². The van der Waals surface area contributed by atoms with Gasteiger partial charge in [0.25, 0.3) is 0 Å². The summed E-state index contributed by atoms with van der Waals surface area (Å²) in [5.41, 5.74) is 2.61. The third kappa shape index (κ3) is 2.84. The molecule has 0 unspecified atom stereocenters. The van der Waals surface area contributed by atoms with Crippen molar-refractivity contribution < 1.29 is 0 Å². The molecule has 0 saturated carbocycles. The molecule has 0 aliphatic rings. The van der Waals surface area contributed by atoms with Gasteiger partial charge in [-0.05, 0) is 62.1 Å². The Labute approximate surface area is 116 Å². The number of hydrogen-bond donors (Lipinski definition) is 0. The van der Waals surface area contributed by atoms with Crippen LogP contribution in [0.5, 0.6) is 0 Å². The van der Waals surface area contributed by atoms with E-state index in [1.807, 2.05) is 6.07 Å². The van der Waals surface area contributed by atoms with E-state index in [9.17, 15) is 0 Å². The molecular formula is C13H10Br2S. The van der Waals surface area contributed by atoms with Crippen LogP contribution in [0.2, 0.25) is 0 Å². The maximum Gasteiger partial charge on any atom is 0.0618 e. The van der Waals surface area contributed by atoms with Gasteiger partial charge in [-0.3, -0.25) is 0 Å². The predicted molar refractivity (Wildman–Crippen MR) is 80.3 cm³/mol. The molecule has 0 radical (unpaired) electrons. The highest BCUT2D eigenvalue weighted by molar-refractivity contribution is 9.28. The monoisotopic (exact) mass is 356 g/mol. The van der Waals surface area contributed by atoms with Crippen LogP contribution in [0.15, 0.2) is 39.8 Å². The summed E-state index contributed by atoms with van der Waals surface area (Å²) in [6, 6.07) is 12.7. The summed E-state index contributed by atoms with van der Waals surface area (Å²) < 4.78 is 0.973. The molecule has 0 saturated heterocycles. The molecule has 0 aliphatic carbocycles. The van der Waals surface area contributed by atoms with E-state index in [4.69, 9.17) is 0 Å². The molecule has 82 valence electrons. The first-order valence-corrected chi connectivity index (χ1v) is 7.25. The number of aryl methyl sites for hydroxylation is 1. The van der Waals surface area contributed by atoms with Crippen molar-refractivity contribution in [2.45, 2.75) is 6.92 Å². The van der Waals surface area contributed by atoms with Gasteiger partial charge in [0.05, 0.1) is 3.39 Å². The second-order valence-electron chi connectivity index (χ2n) is 3.46. The van der Waals surface area contributed by atoms with E-state index in [-0.39, 0.29) is 0 Å². The van der Waals surface area contributed by atoms with Crippen molar-refractivity contribution in [3.63, 3.8) is 0 Å². The summed E-state index contributed by atoms with van der Waals surface area (Å²) in [5, 5.41) is 0. The fourth-order valence-corrected chi connectivity index (χ4v) is 3.48. The van der Waals surface area contributed by atoms with Crippen LogP contribution in [0.3, 0.4) is 0 Å². The lowest BCUT2D eigenvalue weighted by Gasteiger charge is -1.97. The van der Waals surface area contributed by atoms with Crippen molar-refractivity contribution in [3.8, 4) is 10.4 Å². The average molecular weight is 358 g/mol. The van der Waals surface area contributed by atoms with Crippen molar-refractivity contribution in [3.05, 3.63) is 50.2 Å². The lowest BCUT2D eigenvalue weighted by Crippen LogP contribution is -1.72. The predicted octanol–water partition coefficient (Wildman–Crippen LogP) is 5.81. The van der Waals surface area contributed by atoms with E-state index in [2.05, 4.69) is 75.2 Å². The van der Waals surface area contributed by atoms with Gasteiger partial charge in [0, 0.05) is 9.75 Å². The molecule has 0 spiro atoms. The number of benzene rings is 1. The Morgan fingerprint density at radius 1 is 1.19 bits per heavy atom. The van der Waals surface area contributed by atoms with Crippen LogP contribution in [0.4, 0.5) is 0 Å². The summed E-state index contributed by atoms with van der Waals surface area (Å²) in [6.07, 6.45) is 2.07. The van der Waals surface area contributed by atoms with Gasteiger partial charge in [-0.25, -0.2) is 0 Å². The fraction of sp³-hybridized carbons (Fsp3) is 0.0769. The number of halogens is 2. The fourth-order valence-electron chi connectivity index (χ4n) is 1.56. The first kappa shape index (κ1) is 12.1. The summed E-state index contributed by atoms with van der Waals surface area (Å²) in [4.78, 5) is 2.59. The molecule has 1 aromatic carbocycles. The van der Waals surface area contributed by atoms with Gasteiger partial charge in [0.15, 0.2) is 0 Å². The normalized spacial score (nSPS) is 10.2. The molecule has 3 heteroatoms. The summed E-state index contributed by atoms with van der Waals surface area (Å²) >= 11 is 8.58. The highest BCUT2D eigenvalue weighted by Gasteiger charge is 2.06. The molecule has 1 aromatic heterocycles. The van der Waals surface area contributed by atoms with Crippen LogP contribution in [-0.2, 0) is 0 Å². The molecule has 0 nitrogen and oxygen atoms in total. The van der Waals surface area contributed by atoms with Crippen LogP contribution < -0.4 is 0 Å². The minimum absolute atomic E-state index is 0.973. The summed E-state index contributed by atoms with van der Waals surface area (Å²) in [5.74, 6) is 0. The Kier molecular flexibility index (Phi) is 4.00. The minimum Gasteiger partial charge on any atom is -0.136 e. The van der Waals surface area contributed by atoms with Gasteiger partial charge in [-0.2, -0.15) is 0 Å². The minimum atomic E-state index is 0.973. The van der Waals surface area contributed by atoms with Gasteiger partial charge < -0.3 is 0 Å². The van der Waals surface area contributed by atoms with Gasteiger partial charge >= 0.3 is 0 Å². The topological polar surface area (TPSA) is 0 Å². The lowest BCUT2D eigenvalue weighted by atomic mass is 10.1. The van der Waals surface area contributed by atoms with Crippen molar-refractivity contribution in [2.75, 3.05) is 0 Å². The van der Waals surface area contributed by atoms with E-state index >= 15 is 0 Å². The Morgan fingerprint density at radius 2 is 1.88 bits per heavy atom. The maximum absolute atomic E-state index is 3.39. The zero-order valence-electron chi connectivity index (χ0n) is 8.71. The van der Waals surface area contributed by atoms with Crippen molar-refractivity contribution in [2.24, 2.45) is 0 Å². The maximum atomic E-state index is 3.39. The van der Waals surface area contributed by atoms with Crippen molar-refractivity contribution in [1.82, 2.24) is 0 Å². The molecule has 0 fully saturated rings. The van der Waals surface area contributed by atoms with Crippen LogP contribution in [0.1, 0.15) is 10.4 Å². The molecule has 1 heterocycles.